The zero-order valence-electron chi connectivity index (χ0n) is 12.1. The molecule has 2 fully saturated rings. The second kappa shape index (κ2) is 5.53. The van der Waals surface area contributed by atoms with Crippen LogP contribution in [-0.2, 0) is 10.0 Å². The van der Waals surface area contributed by atoms with Crippen LogP contribution in [0.4, 0.5) is 5.82 Å². The quantitative estimate of drug-likeness (QED) is 0.613. The third kappa shape index (κ3) is 2.64. The molecule has 3 rings (SSSR count). The average molecular weight is 311 g/mol. The summed E-state index contributed by atoms with van der Waals surface area (Å²) in [6.45, 7) is 4.42. The van der Waals surface area contributed by atoms with Crippen molar-refractivity contribution < 1.29 is 8.42 Å². The molecule has 2 aliphatic heterocycles. The van der Waals surface area contributed by atoms with Crippen molar-refractivity contribution in [1.29, 1.82) is 0 Å². The van der Waals surface area contributed by atoms with E-state index >= 15 is 0 Å². The third-order valence-electron chi connectivity index (χ3n) is 4.37. The van der Waals surface area contributed by atoms with Gasteiger partial charge in [0.1, 0.15) is 5.82 Å². The topological polar surface area (TPSA) is 91.6 Å². The number of nitrogens with one attached hydrogen (secondary N) is 1. The molecular formula is C13H21N5O2S. The summed E-state index contributed by atoms with van der Waals surface area (Å²) in [5.74, 6) is 5.66. The molecule has 3 heterocycles. The lowest BCUT2D eigenvalue weighted by atomic mass is 10.1. The lowest BCUT2D eigenvalue weighted by Crippen LogP contribution is -2.56. The number of hydrogen-bond acceptors (Lipinski definition) is 6. The van der Waals surface area contributed by atoms with Crippen LogP contribution in [0.5, 0.6) is 0 Å². The summed E-state index contributed by atoms with van der Waals surface area (Å²) in [5.41, 5.74) is 2.39. The summed E-state index contributed by atoms with van der Waals surface area (Å²) in [7, 11) is -3.51. The van der Waals surface area contributed by atoms with E-state index in [4.69, 9.17) is 5.84 Å². The summed E-state index contributed by atoms with van der Waals surface area (Å²) < 4.78 is 27.4. The number of nitrogen functional groups attached to an aromatic ring is 1. The molecule has 1 aromatic rings. The minimum absolute atomic E-state index is 0.0215. The van der Waals surface area contributed by atoms with Crippen molar-refractivity contribution in [2.24, 2.45) is 5.84 Å². The van der Waals surface area contributed by atoms with Gasteiger partial charge in [-0.05, 0) is 32.4 Å². The SMILES string of the molecule is CC1CN2CCCC2CN1S(=O)(=O)c1ccnc(NN)c1. The van der Waals surface area contributed by atoms with E-state index in [0.29, 0.717) is 18.4 Å². The number of fused-ring (bicyclic) bond motifs is 1. The van der Waals surface area contributed by atoms with Gasteiger partial charge in [-0.25, -0.2) is 19.2 Å². The normalized spacial score (nSPS) is 27.5. The van der Waals surface area contributed by atoms with Crippen molar-refractivity contribution in [3.63, 3.8) is 0 Å². The molecule has 0 aliphatic carbocycles. The Kier molecular flexibility index (Phi) is 3.87. The van der Waals surface area contributed by atoms with Gasteiger partial charge < -0.3 is 5.43 Å². The second-order valence-electron chi connectivity index (χ2n) is 5.74. The first kappa shape index (κ1) is 14.7. The molecule has 21 heavy (non-hydrogen) atoms. The van der Waals surface area contributed by atoms with Crippen molar-refractivity contribution >= 4 is 15.8 Å². The van der Waals surface area contributed by atoms with Gasteiger partial charge in [-0.15, -0.1) is 0 Å². The minimum Gasteiger partial charge on any atom is -0.308 e. The lowest BCUT2D eigenvalue weighted by Gasteiger charge is -2.41. The fourth-order valence-corrected chi connectivity index (χ4v) is 4.95. The van der Waals surface area contributed by atoms with E-state index in [1.807, 2.05) is 6.92 Å². The van der Waals surface area contributed by atoms with Crippen LogP contribution in [0, 0.1) is 0 Å². The van der Waals surface area contributed by atoms with Gasteiger partial charge in [-0.2, -0.15) is 4.31 Å². The number of piperazine rings is 1. The maximum absolute atomic E-state index is 12.9. The Morgan fingerprint density at radius 1 is 1.43 bits per heavy atom. The van der Waals surface area contributed by atoms with Crippen LogP contribution in [-0.4, -0.2) is 54.3 Å². The van der Waals surface area contributed by atoms with E-state index in [0.717, 1.165) is 25.9 Å². The van der Waals surface area contributed by atoms with Crippen molar-refractivity contribution in [2.75, 3.05) is 25.1 Å². The van der Waals surface area contributed by atoms with Gasteiger partial charge >= 0.3 is 0 Å². The molecular weight excluding hydrogens is 290 g/mol. The maximum Gasteiger partial charge on any atom is 0.243 e. The molecule has 2 atom stereocenters. The second-order valence-corrected chi connectivity index (χ2v) is 7.63. The number of hydrazine groups is 1. The van der Waals surface area contributed by atoms with Crippen LogP contribution in [0.1, 0.15) is 19.8 Å². The lowest BCUT2D eigenvalue weighted by molar-refractivity contribution is 0.117. The molecule has 0 spiro atoms. The number of anilines is 1. The van der Waals surface area contributed by atoms with E-state index in [1.54, 1.807) is 4.31 Å². The highest BCUT2D eigenvalue weighted by molar-refractivity contribution is 7.89. The van der Waals surface area contributed by atoms with Gasteiger partial charge in [0, 0.05) is 37.4 Å². The Morgan fingerprint density at radius 3 is 3.00 bits per heavy atom. The monoisotopic (exact) mass is 311 g/mol. The largest absolute Gasteiger partial charge is 0.308 e. The fourth-order valence-electron chi connectivity index (χ4n) is 3.28. The molecule has 2 saturated heterocycles. The van der Waals surface area contributed by atoms with Crippen molar-refractivity contribution in [1.82, 2.24) is 14.2 Å². The van der Waals surface area contributed by atoms with Crippen LogP contribution in [0.2, 0.25) is 0 Å². The van der Waals surface area contributed by atoms with Gasteiger partial charge in [0.05, 0.1) is 4.90 Å². The molecule has 8 heteroatoms. The van der Waals surface area contributed by atoms with Crippen LogP contribution in [0.25, 0.3) is 0 Å². The number of nitrogens with two attached hydrogens (primary N) is 1. The Morgan fingerprint density at radius 2 is 2.24 bits per heavy atom. The summed E-state index contributed by atoms with van der Waals surface area (Å²) in [6, 6.07) is 3.32. The number of sulfonamides is 1. The predicted molar refractivity (Wildman–Crippen MR) is 80.0 cm³/mol. The average Bonchev–Trinajstić information content (AvgIpc) is 2.93. The smallest absolute Gasteiger partial charge is 0.243 e. The summed E-state index contributed by atoms with van der Waals surface area (Å²) >= 11 is 0. The number of nitrogens with zero attached hydrogens (tertiary/aromatic N) is 3. The van der Waals surface area contributed by atoms with E-state index in [9.17, 15) is 8.42 Å². The van der Waals surface area contributed by atoms with Crippen LogP contribution >= 0.6 is 0 Å². The molecule has 2 unspecified atom stereocenters. The number of pyridine rings is 1. The number of hydrogen-bond donors (Lipinski definition) is 2. The van der Waals surface area contributed by atoms with E-state index in [2.05, 4.69) is 15.3 Å². The highest BCUT2D eigenvalue weighted by atomic mass is 32.2. The molecule has 0 radical (unpaired) electrons. The number of rotatable bonds is 3. The summed E-state index contributed by atoms with van der Waals surface area (Å²) in [5, 5.41) is 0. The Hall–Kier alpha value is -1.22. The van der Waals surface area contributed by atoms with Gasteiger partial charge in [0.25, 0.3) is 0 Å². The molecule has 2 aliphatic rings. The van der Waals surface area contributed by atoms with E-state index in [1.165, 1.54) is 18.3 Å². The van der Waals surface area contributed by atoms with Gasteiger partial charge in [-0.3, -0.25) is 4.90 Å². The summed E-state index contributed by atoms with van der Waals surface area (Å²) in [4.78, 5) is 6.60. The first-order valence-electron chi connectivity index (χ1n) is 7.21. The Balaban J connectivity index is 1.89. The Bertz CT molecular complexity index is 621. The van der Waals surface area contributed by atoms with Crippen molar-refractivity contribution in [2.45, 2.75) is 36.7 Å². The van der Waals surface area contributed by atoms with E-state index < -0.39 is 10.0 Å². The van der Waals surface area contributed by atoms with Crippen molar-refractivity contribution in [3.05, 3.63) is 18.3 Å². The molecule has 1 aromatic heterocycles. The van der Waals surface area contributed by atoms with Gasteiger partial charge in [0.15, 0.2) is 0 Å². The molecule has 0 bridgehead atoms. The van der Waals surface area contributed by atoms with Crippen LogP contribution in [0.3, 0.4) is 0 Å². The van der Waals surface area contributed by atoms with Gasteiger partial charge in [0.2, 0.25) is 10.0 Å². The molecule has 0 amide bonds. The summed E-state index contributed by atoms with van der Waals surface area (Å²) in [6.07, 6.45) is 3.69. The minimum atomic E-state index is -3.51. The molecule has 7 nitrogen and oxygen atoms in total. The number of aromatic nitrogens is 1. The van der Waals surface area contributed by atoms with Crippen LogP contribution < -0.4 is 11.3 Å². The molecule has 3 N–H and O–H groups in total. The predicted octanol–water partition coefficient (Wildman–Crippen LogP) is 0.224. The standard InChI is InChI=1S/C13H21N5O2S/c1-10-8-17-6-2-3-11(17)9-18(10)21(19,20)12-4-5-15-13(7-12)16-14/h4-5,7,10-11H,2-3,6,8-9,14H2,1H3,(H,15,16). The first-order valence-corrected chi connectivity index (χ1v) is 8.65. The zero-order valence-corrected chi connectivity index (χ0v) is 12.9. The van der Waals surface area contributed by atoms with Crippen LogP contribution in [0.15, 0.2) is 23.2 Å². The van der Waals surface area contributed by atoms with Gasteiger partial charge in [-0.1, -0.05) is 0 Å². The first-order chi connectivity index (χ1) is 10.0. The zero-order chi connectivity index (χ0) is 15.0. The maximum atomic E-state index is 12.9. The fraction of sp³-hybridized carbons (Fsp3) is 0.615. The third-order valence-corrected chi connectivity index (χ3v) is 6.34. The molecule has 116 valence electrons. The van der Waals surface area contributed by atoms with E-state index in [-0.39, 0.29) is 10.9 Å². The van der Waals surface area contributed by atoms with Crippen molar-refractivity contribution in [3.8, 4) is 0 Å². The highest BCUT2D eigenvalue weighted by Gasteiger charge is 2.40. The highest BCUT2D eigenvalue weighted by Crippen LogP contribution is 2.29. The Labute approximate surface area is 125 Å². The molecule has 0 saturated carbocycles. The molecule has 0 aromatic carbocycles.